The van der Waals surface area contributed by atoms with Gasteiger partial charge in [0.15, 0.2) is 0 Å². The molecule has 8 heteroatoms. The van der Waals surface area contributed by atoms with Gasteiger partial charge >= 0.3 is 0 Å². The van der Waals surface area contributed by atoms with Crippen LogP contribution in [-0.4, -0.2) is 28.4 Å². The number of carbonyl (C=O) groups is 2. The molecule has 1 aromatic carbocycles. The van der Waals surface area contributed by atoms with Crippen molar-refractivity contribution < 1.29 is 9.59 Å². The normalized spacial score (nSPS) is 15.8. The van der Waals surface area contributed by atoms with Crippen LogP contribution in [-0.2, 0) is 4.79 Å². The van der Waals surface area contributed by atoms with Gasteiger partial charge in [-0.15, -0.1) is 0 Å². The maximum absolute atomic E-state index is 11.9. The van der Waals surface area contributed by atoms with Gasteiger partial charge in [-0.05, 0) is 24.6 Å². The van der Waals surface area contributed by atoms with Gasteiger partial charge in [-0.25, -0.2) is 5.43 Å². The molecule has 0 aliphatic carbocycles. The summed E-state index contributed by atoms with van der Waals surface area (Å²) in [6.45, 7) is 0.662. The van der Waals surface area contributed by atoms with Crippen LogP contribution in [0.3, 0.4) is 0 Å². The van der Waals surface area contributed by atoms with Crippen molar-refractivity contribution in [2.75, 3.05) is 11.4 Å². The van der Waals surface area contributed by atoms with E-state index in [1.165, 1.54) is 0 Å². The van der Waals surface area contributed by atoms with E-state index in [0.29, 0.717) is 24.2 Å². The molecule has 0 bridgehead atoms. The maximum atomic E-state index is 11.9. The third-order valence-corrected chi connectivity index (χ3v) is 3.16. The third kappa shape index (κ3) is 4.59. The maximum Gasteiger partial charge on any atom is 0.271 e. The van der Waals surface area contributed by atoms with E-state index in [1.54, 1.807) is 29.2 Å². The molecule has 1 fully saturated rings. The highest BCUT2D eigenvalue weighted by molar-refractivity contribution is 6.74. The lowest BCUT2D eigenvalue weighted by molar-refractivity contribution is -0.117. The molecule has 5 nitrogen and oxygen atoms in total. The lowest BCUT2D eigenvalue weighted by Crippen LogP contribution is -2.24. The fraction of sp³-hybridized carbons (Fsp3) is 0.308. The highest BCUT2D eigenvalue weighted by Gasteiger charge is 2.22. The molecule has 112 valence electrons. The molecule has 2 rings (SSSR count). The van der Waals surface area contributed by atoms with Gasteiger partial charge in [-0.2, -0.15) is 5.10 Å². The summed E-state index contributed by atoms with van der Waals surface area (Å²) < 4.78 is -1.67. The van der Waals surface area contributed by atoms with Crippen molar-refractivity contribution in [1.82, 2.24) is 5.43 Å². The van der Waals surface area contributed by atoms with E-state index in [-0.39, 0.29) is 5.91 Å². The number of anilines is 1. The Hall–Kier alpha value is -1.30. The zero-order valence-corrected chi connectivity index (χ0v) is 13.1. The number of amides is 2. The van der Waals surface area contributed by atoms with E-state index in [2.05, 4.69) is 10.5 Å². The zero-order chi connectivity index (χ0) is 15.5. The van der Waals surface area contributed by atoms with Crippen molar-refractivity contribution in [2.45, 2.75) is 16.6 Å². The Morgan fingerprint density at radius 2 is 2.14 bits per heavy atom. The minimum Gasteiger partial charge on any atom is -0.312 e. The first-order chi connectivity index (χ1) is 9.87. The van der Waals surface area contributed by atoms with E-state index >= 15 is 0 Å². The summed E-state index contributed by atoms with van der Waals surface area (Å²) in [6, 6.07) is 6.73. The summed E-state index contributed by atoms with van der Waals surface area (Å²) in [5.41, 5.74) is 3.32. The predicted octanol–water partition coefficient (Wildman–Crippen LogP) is 2.90. The van der Waals surface area contributed by atoms with Gasteiger partial charge in [-0.3, -0.25) is 9.59 Å². The fourth-order valence-corrected chi connectivity index (χ4v) is 2.11. The van der Waals surface area contributed by atoms with Gasteiger partial charge in [0, 0.05) is 24.2 Å². The molecule has 0 unspecified atom stereocenters. The molecule has 1 aromatic rings. The smallest absolute Gasteiger partial charge is 0.271 e. The van der Waals surface area contributed by atoms with E-state index in [4.69, 9.17) is 34.8 Å². The summed E-state index contributed by atoms with van der Waals surface area (Å²) in [5, 5.41) is 3.56. The highest BCUT2D eigenvalue weighted by atomic mass is 35.6. The molecule has 1 aliphatic rings. The molecule has 1 aliphatic heterocycles. The van der Waals surface area contributed by atoms with Crippen LogP contribution in [0.2, 0.25) is 0 Å². The highest BCUT2D eigenvalue weighted by Crippen LogP contribution is 2.23. The van der Waals surface area contributed by atoms with Crippen molar-refractivity contribution in [2.24, 2.45) is 5.10 Å². The number of nitrogens with zero attached hydrogens (tertiary/aromatic N) is 2. The van der Waals surface area contributed by atoms with Crippen LogP contribution in [0.15, 0.2) is 29.4 Å². The van der Waals surface area contributed by atoms with Gasteiger partial charge in [-0.1, -0.05) is 40.9 Å². The Bertz CT molecular complexity index is 584. The number of alkyl halides is 3. The first-order valence-electron chi connectivity index (χ1n) is 6.18. The van der Waals surface area contributed by atoms with Gasteiger partial charge in [0.1, 0.15) is 0 Å². The molecule has 2 amide bonds. The Morgan fingerprint density at radius 1 is 1.38 bits per heavy atom. The van der Waals surface area contributed by atoms with E-state index < -0.39 is 9.70 Å². The standard InChI is InChI=1S/C13H12Cl3N3O2/c14-13(15,16)8-17-18-12(21)9-3-1-4-10(7-9)19-6-2-5-11(19)20/h1,3-4,7-8H,2,5-6H2,(H,18,21)/b17-8+. The van der Waals surface area contributed by atoms with Crippen LogP contribution in [0.4, 0.5) is 5.69 Å². The first kappa shape index (κ1) is 16.1. The Labute approximate surface area is 136 Å². The van der Waals surface area contributed by atoms with Crippen LogP contribution in [0.25, 0.3) is 0 Å². The molecule has 0 aromatic heterocycles. The van der Waals surface area contributed by atoms with Gasteiger partial charge in [0.05, 0.1) is 6.21 Å². The Morgan fingerprint density at radius 3 is 2.76 bits per heavy atom. The number of rotatable bonds is 3. The third-order valence-electron chi connectivity index (χ3n) is 2.87. The van der Waals surface area contributed by atoms with Crippen molar-refractivity contribution in [1.29, 1.82) is 0 Å². The summed E-state index contributed by atoms with van der Waals surface area (Å²) in [5.74, 6) is -0.393. The second kappa shape index (κ2) is 6.64. The number of hydrogen-bond donors (Lipinski definition) is 1. The van der Waals surface area contributed by atoms with Crippen LogP contribution in [0.5, 0.6) is 0 Å². The summed E-state index contributed by atoms with van der Waals surface area (Å²) >= 11 is 16.4. The second-order valence-electron chi connectivity index (χ2n) is 4.44. The predicted molar refractivity (Wildman–Crippen MR) is 84.3 cm³/mol. The zero-order valence-electron chi connectivity index (χ0n) is 10.9. The summed E-state index contributed by atoms with van der Waals surface area (Å²) in [7, 11) is 0. The number of benzene rings is 1. The molecular formula is C13H12Cl3N3O2. The number of carbonyl (C=O) groups excluding carboxylic acids is 2. The van der Waals surface area contributed by atoms with Gasteiger partial charge < -0.3 is 4.90 Å². The molecule has 1 heterocycles. The van der Waals surface area contributed by atoms with Crippen molar-refractivity contribution in [3.8, 4) is 0 Å². The van der Waals surface area contributed by atoms with E-state index in [0.717, 1.165) is 12.6 Å². The summed E-state index contributed by atoms with van der Waals surface area (Å²) in [6.07, 6.45) is 2.34. The minimum absolute atomic E-state index is 0.0572. The number of hydrogen-bond acceptors (Lipinski definition) is 3. The molecule has 1 saturated heterocycles. The monoisotopic (exact) mass is 347 g/mol. The fourth-order valence-electron chi connectivity index (χ4n) is 1.96. The molecular weight excluding hydrogens is 337 g/mol. The van der Waals surface area contributed by atoms with Gasteiger partial charge in [0.2, 0.25) is 9.70 Å². The lowest BCUT2D eigenvalue weighted by atomic mass is 10.2. The molecule has 1 N–H and O–H groups in total. The number of nitrogens with one attached hydrogen (secondary N) is 1. The quantitative estimate of drug-likeness (QED) is 0.519. The molecule has 21 heavy (non-hydrogen) atoms. The second-order valence-corrected chi connectivity index (χ2v) is 6.81. The van der Waals surface area contributed by atoms with E-state index in [9.17, 15) is 9.59 Å². The molecule has 0 saturated carbocycles. The van der Waals surface area contributed by atoms with Crippen molar-refractivity contribution >= 4 is 58.5 Å². The van der Waals surface area contributed by atoms with Crippen LogP contribution < -0.4 is 10.3 Å². The largest absolute Gasteiger partial charge is 0.312 e. The van der Waals surface area contributed by atoms with Crippen molar-refractivity contribution in [3.63, 3.8) is 0 Å². The Kier molecular flexibility index (Phi) is 5.08. The van der Waals surface area contributed by atoms with Gasteiger partial charge in [0.25, 0.3) is 5.91 Å². The topological polar surface area (TPSA) is 61.8 Å². The van der Waals surface area contributed by atoms with Crippen LogP contribution in [0.1, 0.15) is 23.2 Å². The van der Waals surface area contributed by atoms with Crippen LogP contribution >= 0.6 is 34.8 Å². The number of hydrazone groups is 1. The molecule has 0 radical (unpaired) electrons. The van der Waals surface area contributed by atoms with E-state index in [1.807, 2.05) is 0 Å². The first-order valence-corrected chi connectivity index (χ1v) is 7.32. The SMILES string of the molecule is O=C(N/N=C/C(Cl)(Cl)Cl)c1cccc(N2CCCC2=O)c1. The molecule has 0 atom stereocenters. The molecule has 0 spiro atoms. The Balaban J connectivity index is 2.08. The average molecular weight is 349 g/mol. The lowest BCUT2D eigenvalue weighted by Gasteiger charge is -2.16. The van der Waals surface area contributed by atoms with Crippen molar-refractivity contribution in [3.05, 3.63) is 29.8 Å². The average Bonchev–Trinajstić information content (AvgIpc) is 2.83. The minimum atomic E-state index is -1.67. The summed E-state index contributed by atoms with van der Waals surface area (Å²) in [4.78, 5) is 25.3. The number of halogens is 3. The van der Waals surface area contributed by atoms with Crippen LogP contribution in [0, 0.1) is 0 Å².